The van der Waals surface area contributed by atoms with Crippen LogP contribution in [0.1, 0.15) is 6.92 Å². The second-order valence-corrected chi connectivity index (χ2v) is 3.77. The van der Waals surface area contributed by atoms with Gasteiger partial charge < -0.3 is 10.6 Å². The summed E-state index contributed by atoms with van der Waals surface area (Å²) < 4.78 is 36.2. The van der Waals surface area contributed by atoms with E-state index in [-0.39, 0.29) is 16.9 Å². The summed E-state index contributed by atoms with van der Waals surface area (Å²) in [4.78, 5) is 22.1. The Bertz CT molecular complexity index is 524. The number of anilines is 2. The fourth-order valence-corrected chi connectivity index (χ4v) is 1.11. The lowest BCUT2D eigenvalue weighted by Crippen LogP contribution is -2.29. The molecule has 0 heterocycles. The first kappa shape index (κ1) is 14.7. The van der Waals surface area contributed by atoms with E-state index in [0.29, 0.717) is 0 Å². The normalized spacial score (nSPS) is 10.7. The molecule has 102 valence electrons. The summed E-state index contributed by atoms with van der Waals surface area (Å²) in [7, 11) is 0. The van der Waals surface area contributed by atoms with Gasteiger partial charge in [-0.3, -0.25) is 9.59 Å². The fourth-order valence-electron chi connectivity index (χ4n) is 1.11. The molecule has 0 spiro atoms. The summed E-state index contributed by atoms with van der Waals surface area (Å²) >= 11 is 0. The van der Waals surface area contributed by atoms with Crippen molar-refractivity contribution in [2.75, 3.05) is 10.6 Å². The lowest BCUT2D eigenvalue weighted by molar-refractivity contribution is -0.167. The largest absolute Gasteiger partial charge is 0.471 e. The van der Waals surface area contributed by atoms with E-state index in [1.54, 1.807) is 5.32 Å². The second-order valence-electron chi connectivity index (χ2n) is 3.77. The molecule has 4 nitrogen and oxygen atoms in total. The van der Waals surface area contributed by atoms with Crippen LogP contribution >= 0.6 is 0 Å². The standard InChI is InChI=1S/C12H11F3N2O2/c1-7(2)10(18)16-8-4-3-5-9(6-8)17-11(19)12(13,14)15/h3-6H,1H2,2H3,(H,16,18)(H,17,19). The monoisotopic (exact) mass is 272 g/mol. The van der Waals surface area contributed by atoms with Crippen LogP contribution in [0, 0.1) is 0 Å². The van der Waals surface area contributed by atoms with Gasteiger partial charge in [0.2, 0.25) is 0 Å². The number of carbonyl (C=O) groups is 2. The molecule has 0 aromatic heterocycles. The zero-order valence-corrected chi connectivity index (χ0v) is 9.97. The average molecular weight is 272 g/mol. The lowest BCUT2D eigenvalue weighted by atomic mass is 10.2. The number of carbonyl (C=O) groups excluding carboxylic acids is 2. The molecule has 0 unspecified atom stereocenters. The van der Waals surface area contributed by atoms with E-state index in [0.717, 1.165) is 0 Å². The highest BCUT2D eigenvalue weighted by atomic mass is 19.4. The first-order valence-electron chi connectivity index (χ1n) is 5.15. The summed E-state index contributed by atoms with van der Waals surface area (Å²) in [5, 5.41) is 4.11. The Labute approximate surface area is 107 Å². The number of hydrogen-bond acceptors (Lipinski definition) is 2. The molecule has 1 rings (SSSR count). The predicted octanol–water partition coefficient (Wildman–Crippen LogP) is 2.70. The molecule has 19 heavy (non-hydrogen) atoms. The Morgan fingerprint density at radius 3 is 2.16 bits per heavy atom. The van der Waals surface area contributed by atoms with Crippen molar-refractivity contribution >= 4 is 23.2 Å². The van der Waals surface area contributed by atoms with E-state index in [1.165, 1.54) is 31.2 Å². The van der Waals surface area contributed by atoms with Crippen LogP contribution in [0.3, 0.4) is 0 Å². The summed E-state index contributed by atoms with van der Waals surface area (Å²) in [5.41, 5.74) is 0.444. The highest BCUT2D eigenvalue weighted by molar-refractivity contribution is 6.03. The molecule has 0 radical (unpaired) electrons. The van der Waals surface area contributed by atoms with Crippen LogP contribution in [-0.4, -0.2) is 18.0 Å². The number of halogens is 3. The van der Waals surface area contributed by atoms with Gasteiger partial charge in [-0.25, -0.2) is 0 Å². The van der Waals surface area contributed by atoms with Gasteiger partial charge in [-0.15, -0.1) is 0 Å². The van der Waals surface area contributed by atoms with Crippen LogP contribution in [0.25, 0.3) is 0 Å². The molecule has 0 aliphatic carbocycles. The molecule has 2 N–H and O–H groups in total. The predicted molar refractivity (Wildman–Crippen MR) is 64.6 cm³/mol. The quantitative estimate of drug-likeness (QED) is 0.831. The maximum absolute atomic E-state index is 12.1. The first-order valence-corrected chi connectivity index (χ1v) is 5.15. The molecule has 0 atom stereocenters. The molecule has 1 aromatic rings. The maximum Gasteiger partial charge on any atom is 0.471 e. The maximum atomic E-state index is 12.1. The number of hydrogen-bond donors (Lipinski definition) is 2. The number of rotatable bonds is 3. The summed E-state index contributed by atoms with van der Waals surface area (Å²) in [6.07, 6.45) is -4.96. The third kappa shape index (κ3) is 4.46. The summed E-state index contributed by atoms with van der Waals surface area (Å²) in [5.74, 6) is -2.53. The minimum atomic E-state index is -4.96. The number of nitrogens with one attached hydrogen (secondary N) is 2. The van der Waals surface area contributed by atoms with Crippen LogP contribution in [-0.2, 0) is 9.59 Å². The first-order chi connectivity index (χ1) is 8.70. The topological polar surface area (TPSA) is 58.2 Å². The zero-order valence-electron chi connectivity index (χ0n) is 9.97. The number of benzene rings is 1. The van der Waals surface area contributed by atoms with E-state index in [2.05, 4.69) is 11.9 Å². The molecule has 2 amide bonds. The Kier molecular flexibility index (Phi) is 4.31. The van der Waals surface area contributed by atoms with Crippen LogP contribution in [0.5, 0.6) is 0 Å². The smallest absolute Gasteiger partial charge is 0.322 e. The van der Waals surface area contributed by atoms with Gasteiger partial charge in [-0.05, 0) is 25.1 Å². The molecular weight excluding hydrogens is 261 g/mol. The molecule has 0 bridgehead atoms. The lowest BCUT2D eigenvalue weighted by Gasteiger charge is -2.10. The van der Waals surface area contributed by atoms with Gasteiger partial charge in [0.15, 0.2) is 0 Å². The molecule has 0 fully saturated rings. The molecular formula is C12H11F3N2O2. The molecule has 0 saturated carbocycles. The molecule has 0 aliphatic heterocycles. The molecule has 1 aromatic carbocycles. The highest BCUT2D eigenvalue weighted by Gasteiger charge is 2.38. The van der Waals surface area contributed by atoms with Crippen molar-refractivity contribution in [1.82, 2.24) is 0 Å². The van der Waals surface area contributed by atoms with Crippen LogP contribution < -0.4 is 10.6 Å². The van der Waals surface area contributed by atoms with E-state index in [1.807, 2.05) is 0 Å². The van der Waals surface area contributed by atoms with E-state index in [9.17, 15) is 22.8 Å². The molecule has 0 aliphatic rings. The van der Waals surface area contributed by atoms with Gasteiger partial charge in [-0.1, -0.05) is 12.6 Å². The average Bonchev–Trinajstić information content (AvgIpc) is 2.27. The van der Waals surface area contributed by atoms with Crippen molar-refractivity contribution in [1.29, 1.82) is 0 Å². The van der Waals surface area contributed by atoms with Gasteiger partial charge in [0.05, 0.1) is 0 Å². The third-order valence-electron chi connectivity index (χ3n) is 2.02. The van der Waals surface area contributed by atoms with Gasteiger partial charge in [0, 0.05) is 16.9 Å². The van der Waals surface area contributed by atoms with Crippen molar-refractivity contribution in [2.45, 2.75) is 13.1 Å². The third-order valence-corrected chi connectivity index (χ3v) is 2.02. The Morgan fingerprint density at radius 1 is 1.16 bits per heavy atom. The van der Waals surface area contributed by atoms with E-state index >= 15 is 0 Å². The minimum absolute atomic E-state index is 0.0677. The molecule has 0 saturated heterocycles. The van der Waals surface area contributed by atoms with Crippen molar-refractivity contribution in [3.8, 4) is 0 Å². The minimum Gasteiger partial charge on any atom is -0.322 e. The van der Waals surface area contributed by atoms with Crippen molar-refractivity contribution < 1.29 is 22.8 Å². The molecule has 7 heteroatoms. The van der Waals surface area contributed by atoms with Crippen molar-refractivity contribution in [3.63, 3.8) is 0 Å². The van der Waals surface area contributed by atoms with Gasteiger partial charge >= 0.3 is 12.1 Å². The zero-order chi connectivity index (χ0) is 14.6. The van der Waals surface area contributed by atoms with Crippen LogP contribution in [0.4, 0.5) is 24.5 Å². The van der Waals surface area contributed by atoms with Crippen LogP contribution in [0.15, 0.2) is 36.4 Å². The van der Waals surface area contributed by atoms with Crippen molar-refractivity contribution in [3.05, 3.63) is 36.4 Å². The Balaban J connectivity index is 2.81. The highest BCUT2D eigenvalue weighted by Crippen LogP contribution is 2.20. The van der Waals surface area contributed by atoms with Gasteiger partial charge in [0.25, 0.3) is 5.91 Å². The van der Waals surface area contributed by atoms with Gasteiger partial charge in [0.1, 0.15) is 0 Å². The summed E-state index contributed by atoms with van der Waals surface area (Å²) in [6.45, 7) is 4.91. The van der Waals surface area contributed by atoms with Crippen molar-refractivity contribution in [2.24, 2.45) is 0 Å². The Hall–Kier alpha value is -2.31. The van der Waals surface area contributed by atoms with Gasteiger partial charge in [-0.2, -0.15) is 13.2 Å². The summed E-state index contributed by atoms with van der Waals surface area (Å²) in [6, 6.07) is 5.37. The number of amides is 2. The Morgan fingerprint density at radius 2 is 1.68 bits per heavy atom. The number of alkyl halides is 3. The fraction of sp³-hybridized carbons (Fsp3) is 0.167. The van der Waals surface area contributed by atoms with Crippen LogP contribution in [0.2, 0.25) is 0 Å². The van der Waals surface area contributed by atoms with E-state index in [4.69, 9.17) is 0 Å². The SMILES string of the molecule is C=C(C)C(=O)Nc1cccc(NC(=O)C(F)(F)F)c1. The van der Waals surface area contributed by atoms with E-state index < -0.39 is 18.0 Å². The second kappa shape index (κ2) is 5.55.